The number of fused-ring (bicyclic) bond motifs is 1. The van der Waals surface area contributed by atoms with E-state index < -0.39 is 5.60 Å². The molecular formula is C19H28N4O3. The third-order valence-electron chi connectivity index (χ3n) is 4.78. The first-order valence-electron chi connectivity index (χ1n) is 9.32. The second-order valence-corrected chi connectivity index (χ2v) is 7.92. The molecule has 0 radical (unpaired) electrons. The second-order valence-electron chi connectivity index (χ2n) is 7.92. The molecule has 1 amide bonds. The van der Waals surface area contributed by atoms with Gasteiger partial charge in [-0.3, -0.25) is 14.8 Å². The van der Waals surface area contributed by atoms with Gasteiger partial charge in [0.05, 0.1) is 11.7 Å². The van der Waals surface area contributed by atoms with Crippen LogP contribution in [0.2, 0.25) is 0 Å². The summed E-state index contributed by atoms with van der Waals surface area (Å²) in [5.41, 5.74) is 2.29. The van der Waals surface area contributed by atoms with Gasteiger partial charge in [0.2, 0.25) is 0 Å². The van der Waals surface area contributed by atoms with Crippen LogP contribution in [0.4, 0.5) is 4.79 Å². The van der Waals surface area contributed by atoms with Crippen LogP contribution in [0.15, 0.2) is 10.9 Å². The van der Waals surface area contributed by atoms with Crippen LogP contribution >= 0.6 is 0 Å². The Hall–Kier alpha value is -2.31. The summed E-state index contributed by atoms with van der Waals surface area (Å²) < 4.78 is 7.06. The van der Waals surface area contributed by atoms with Gasteiger partial charge in [0.15, 0.2) is 5.65 Å². The van der Waals surface area contributed by atoms with E-state index in [1.165, 1.54) is 4.52 Å². The maximum atomic E-state index is 12.7. The van der Waals surface area contributed by atoms with Crippen molar-refractivity contribution in [3.8, 4) is 0 Å². The third kappa shape index (κ3) is 3.48. The average Bonchev–Trinajstić information content (AvgIpc) is 2.97. The molecule has 1 saturated heterocycles. The minimum absolute atomic E-state index is 0.0686. The van der Waals surface area contributed by atoms with E-state index in [1.807, 2.05) is 40.7 Å². The van der Waals surface area contributed by atoms with Crippen LogP contribution in [0.3, 0.4) is 0 Å². The largest absolute Gasteiger partial charge is 0.444 e. The Balaban J connectivity index is 1.99. The molecule has 7 heteroatoms. The molecule has 2 aromatic heterocycles. The first-order valence-corrected chi connectivity index (χ1v) is 9.32. The minimum Gasteiger partial charge on any atom is -0.444 e. The number of H-pyrrole nitrogens is 1. The van der Waals surface area contributed by atoms with Gasteiger partial charge in [-0.2, -0.15) is 0 Å². The molecule has 1 aliphatic rings. The maximum Gasteiger partial charge on any atom is 0.410 e. The van der Waals surface area contributed by atoms with Crippen molar-refractivity contribution in [2.45, 2.75) is 71.9 Å². The highest BCUT2D eigenvalue weighted by Gasteiger charge is 2.32. The van der Waals surface area contributed by atoms with Crippen molar-refractivity contribution in [2.24, 2.45) is 0 Å². The Morgan fingerprint density at radius 3 is 2.77 bits per heavy atom. The number of aryl methyl sites for hydroxylation is 1. The lowest BCUT2D eigenvalue weighted by Gasteiger charge is -2.36. The molecule has 0 bridgehead atoms. The van der Waals surface area contributed by atoms with Gasteiger partial charge < -0.3 is 4.74 Å². The molecule has 1 unspecified atom stereocenters. The summed E-state index contributed by atoms with van der Waals surface area (Å²) in [5, 5.41) is 3.18. The van der Waals surface area contributed by atoms with Gasteiger partial charge in [-0.1, -0.05) is 6.92 Å². The number of aromatic nitrogens is 3. The van der Waals surface area contributed by atoms with E-state index in [0.717, 1.165) is 30.7 Å². The van der Waals surface area contributed by atoms with Gasteiger partial charge in [0.1, 0.15) is 5.60 Å². The molecule has 1 N–H and O–H groups in total. The lowest BCUT2D eigenvalue weighted by Crippen LogP contribution is -2.42. The van der Waals surface area contributed by atoms with Crippen LogP contribution in [-0.4, -0.2) is 37.7 Å². The van der Waals surface area contributed by atoms with Crippen molar-refractivity contribution < 1.29 is 9.53 Å². The number of amides is 1. The van der Waals surface area contributed by atoms with Crippen molar-refractivity contribution in [2.75, 3.05) is 6.54 Å². The molecule has 1 atom stereocenters. The zero-order chi connectivity index (χ0) is 19.1. The van der Waals surface area contributed by atoms with Gasteiger partial charge in [-0.05, 0) is 53.4 Å². The molecule has 0 aromatic carbocycles. The van der Waals surface area contributed by atoms with Crippen LogP contribution in [0.25, 0.3) is 5.65 Å². The predicted molar refractivity (Wildman–Crippen MR) is 99.5 cm³/mol. The Labute approximate surface area is 153 Å². The van der Waals surface area contributed by atoms with Crippen LogP contribution in [0.1, 0.15) is 70.0 Å². The minimum atomic E-state index is -0.537. The van der Waals surface area contributed by atoms with Gasteiger partial charge in [0.25, 0.3) is 5.56 Å². The highest BCUT2D eigenvalue weighted by atomic mass is 16.6. The highest BCUT2D eigenvalue weighted by Crippen LogP contribution is 2.31. The molecule has 0 saturated carbocycles. The quantitative estimate of drug-likeness (QED) is 0.890. The maximum absolute atomic E-state index is 12.7. The van der Waals surface area contributed by atoms with Gasteiger partial charge >= 0.3 is 6.09 Å². The van der Waals surface area contributed by atoms with E-state index in [0.29, 0.717) is 24.2 Å². The highest BCUT2D eigenvalue weighted by molar-refractivity contribution is 5.69. The van der Waals surface area contributed by atoms with E-state index in [9.17, 15) is 9.59 Å². The first kappa shape index (κ1) is 18.5. The van der Waals surface area contributed by atoms with Gasteiger partial charge in [0, 0.05) is 23.9 Å². The zero-order valence-electron chi connectivity index (χ0n) is 16.3. The Bertz CT molecular complexity index is 875. The lowest BCUT2D eigenvalue weighted by molar-refractivity contribution is 0.00897. The fourth-order valence-corrected chi connectivity index (χ4v) is 3.56. The molecule has 1 fully saturated rings. The van der Waals surface area contributed by atoms with E-state index in [2.05, 4.69) is 10.1 Å². The summed E-state index contributed by atoms with van der Waals surface area (Å²) in [6.45, 7) is 10.1. The number of hydrogen-bond donors (Lipinski definition) is 1. The fraction of sp³-hybridized carbons (Fsp3) is 0.632. The summed E-state index contributed by atoms with van der Waals surface area (Å²) in [7, 11) is 0. The van der Waals surface area contributed by atoms with E-state index in [4.69, 9.17) is 4.74 Å². The molecular weight excluding hydrogens is 332 g/mol. The summed E-state index contributed by atoms with van der Waals surface area (Å²) in [6, 6.07) is 1.74. The number of carbonyl (C=O) groups is 1. The molecule has 3 rings (SSSR count). The van der Waals surface area contributed by atoms with Crippen LogP contribution < -0.4 is 5.56 Å². The zero-order valence-corrected chi connectivity index (χ0v) is 16.3. The Kier molecular flexibility index (Phi) is 4.82. The molecule has 7 nitrogen and oxygen atoms in total. The Morgan fingerprint density at radius 1 is 1.38 bits per heavy atom. The number of ether oxygens (including phenoxy) is 1. The smallest absolute Gasteiger partial charge is 0.410 e. The molecule has 1 aliphatic heterocycles. The monoisotopic (exact) mass is 360 g/mol. The molecule has 2 aromatic rings. The van der Waals surface area contributed by atoms with E-state index >= 15 is 0 Å². The first-order chi connectivity index (χ1) is 12.2. The van der Waals surface area contributed by atoms with Crippen molar-refractivity contribution >= 4 is 11.7 Å². The van der Waals surface area contributed by atoms with Crippen LogP contribution in [0.5, 0.6) is 0 Å². The SMILES string of the molecule is CCc1c(C)nc2cc(C3CCCCN3C(=O)OC(C)(C)C)[nH]n2c1=O. The number of carbonyl (C=O) groups excluding carboxylic acids is 1. The van der Waals surface area contributed by atoms with Crippen molar-refractivity contribution in [1.82, 2.24) is 19.5 Å². The summed E-state index contributed by atoms with van der Waals surface area (Å²) in [4.78, 5) is 31.6. The standard InChI is InChI=1S/C19H28N4O3/c1-6-13-12(2)20-16-11-14(21-23(16)17(13)24)15-9-7-8-10-22(15)18(25)26-19(3,4)5/h11,15,21H,6-10H2,1-5H3. The molecule has 0 aliphatic carbocycles. The summed E-state index contributed by atoms with van der Waals surface area (Å²) >= 11 is 0. The average molecular weight is 360 g/mol. The molecule has 3 heterocycles. The number of nitrogens with zero attached hydrogens (tertiary/aromatic N) is 3. The van der Waals surface area contributed by atoms with Crippen LogP contribution in [-0.2, 0) is 11.2 Å². The number of rotatable bonds is 2. The topological polar surface area (TPSA) is 79.7 Å². The summed E-state index contributed by atoms with van der Waals surface area (Å²) in [6.07, 6.45) is 3.14. The number of aromatic amines is 1. The number of nitrogens with one attached hydrogen (secondary N) is 1. The fourth-order valence-electron chi connectivity index (χ4n) is 3.56. The number of piperidine rings is 1. The summed E-state index contributed by atoms with van der Waals surface area (Å²) in [5.74, 6) is 0. The van der Waals surface area contributed by atoms with Gasteiger partial charge in [-0.15, -0.1) is 0 Å². The van der Waals surface area contributed by atoms with Crippen LogP contribution in [0, 0.1) is 6.92 Å². The van der Waals surface area contributed by atoms with Crippen molar-refractivity contribution in [3.05, 3.63) is 33.4 Å². The second kappa shape index (κ2) is 6.78. The van der Waals surface area contributed by atoms with Crippen molar-refractivity contribution in [1.29, 1.82) is 0 Å². The molecule has 0 spiro atoms. The van der Waals surface area contributed by atoms with Crippen molar-refractivity contribution in [3.63, 3.8) is 0 Å². The number of hydrogen-bond acceptors (Lipinski definition) is 4. The third-order valence-corrected chi connectivity index (χ3v) is 4.78. The Morgan fingerprint density at radius 2 is 2.12 bits per heavy atom. The molecule has 26 heavy (non-hydrogen) atoms. The lowest BCUT2D eigenvalue weighted by atomic mass is 10.00. The van der Waals surface area contributed by atoms with E-state index in [1.54, 1.807) is 4.90 Å². The predicted octanol–water partition coefficient (Wildman–Crippen LogP) is 3.36. The molecule has 142 valence electrons. The van der Waals surface area contributed by atoms with E-state index in [-0.39, 0.29) is 17.7 Å². The van der Waals surface area contributed by atoms with Gasteiger partial charge in [-0.25, -0.2) is 14.3 Å². The number of likely N-dealkylation sites (tertiary alicyclic amines) is 1. The normalized spacial score (nSPS) is 18.3.